The molecule has 0 saturated carbocycles. The minimum Gasteiger partial charge on any atom is -0.496 e. The number of para-hydroxylation sites is 1. The summed E-state index contributed by atoms with van der Waals surface area (Å²) >= 11 is 0. The van der Waals surface area contributed by atoms with Crippen LogP contribution in [0.15, 0.2) is 53.1 Å². The molecule has 0 spiro atoms. The fourth-order valence-electron chi connectivity index (χ4n) is 3.28. The van der Waals surface area contributed by atoms with Gasteiger partial charge in [0, 0.05) is 30.5 Å². The van der Waals surface area contributed by atoms with Crippen molar-refractivity contribution >= 4 is 5.91 Å². The van der Waals surface area contributed by atoms with Crippen molar-refractivity contribution in [3.63, 3.8) is 0 Å². The van der Waals surface area contributed by atoms with Gasteiger partial charge < -0.3 is 19.5 Å². The van der Waals surface area contributed by atoms with Gasteiger partial charge in [-0.05, 0) is 50.8 Å². The zero-order valence-electron chi connectivity index (χ0n) is 18.0. The summed E-state index contributed by atoms with van der Waals surface area (Å²) in [4.78, 5) is 18.7. The molecule has 0 radical (unpaired) electrons. The van der Waals surface area contributed by atoms with E-state index in [-0.39, 0.29) is 17.8 Å². The molecule has 1 N–H and O–H groups in total. The second kappa shape index (κ2) is 10.7. The molecule has 7 nitrogen and oxygen atoms in total. The van der Waals surface area contributed by atoms with Gasteiger partial charge in [-0.3, -0.25) is 4.79 Å². The maximum atomic E-state index is 13.0. The van der Waals surface area contributed by atoms with E-state index in [2.05, 4.69) is 15.5 Å². The smallest absolute Gasteiger partial charge is 0.226 e. The average Bonchev–Trinajstić information content (AvgIpc) is 3.23. The largest absolute Gasteiger partial charge is 0.496 e. The van der Waals surface area contributed by atoms with Gasteiger partial charge in [0.1, 0.15) is 11.6 Å². The van der Waals surface area contributed by atoms with Gasteiger partial charge in [0.2, 0.25) is 17.6 Å². The Balaban J connectivity index is 1.48. The van der Waals surface area contributed by atoms with E-state index in [4.69, 9.17) is 9.26 Å². The topological polar surface area (TPSA) is 80.5 Å². The molecule has 0 fully saturated rings. The fourth-order valence-corrected chi connectivity index (χ4v) is 3.28. The lowest BCUT2D eigenvalue weighted by atomic mass is 10.0. The molecule has 2 aromatic carbocycles. The lowest BCUT2D eigenvalue weighted by Crippen LogP contribution is -2.34. The van der Waals surface area contributed by atoms with Gasteiger partial charge in [-0.25, -0.2) is 4.39 Å². The van der Waals surface area contributed by atoms with Crippen molar-refractivity contribution in [2.75, 3.05) is 27.7 Å². The van der Waals surface area contributed by atoms with Crippen LogP contribution in [0, 0.1) is 5.82 Å². The zero-order valence-corrected chi connectivity index (χ0v) is 18.0. The number of halogens is 1. The Morgan fingerprint density at radius 1 is 1.19 bits per heavy atom. The number of aromatic nitrogens is 2. The van der Waals surface area contributed by atoms with E-state index in [0.29, 0.717) is 43.1 Å². The molecular formula is C23H27FN4O3. The fraction of sp³-hybridized carbons (Fsp3) is 0.348. The number of ether oxygens (including phenoxy) is 1. The van der Waals surface area contributed by atoms with Crippen molar-refractivity contribution in [1.29, 1.82) is 0 Å². The number of rotatable bonds is 10. The molecule has 0 bridgehead atoms. The van der Waals surface area contributed by atoms with Gasteiger partial charge in [-0.15, -0.1) is 0 Å². The van der Waals surface area contributed by atoms with Crippen molar-refractivity contribution in [2.24, 2.45) is 0 Å². The molecule has 0 saturated heterocycles. The highest BCUT2D eigenvalue weighted by Crippen LogP contribution is 2.27. The SMILES string of the molecule is COc1ccccc1C(CNC(=O)CCCc1nc(-c2ccc(F)cc2)no1)N(C)C. The van der Waals surface area contributed by atoms with E-state index in [1.807, 2.05) is 43.3 Å². The second-order valence-corrected chi connectivity index (χ2v) is 7.40. The summed E-state index contributed by atoms with van der Waals surface area (Å²) in [5, 5.41) is 6.91. The Bertz CT molecular complexity index is 988. The Morgan fingerprint density at radius 3 is 2.65 bits per heavy atom. The molecule has 0 aliphatic rings. The van der Waals surface area contributed by atoms with E-state index in [1.165, 1.54) is 12.1 Å². The number of amides is 1. The first-order chi connectivity index (χ1) is 15.0. The van der Waals surface area contributed by atoms with Crippen molar-refractivity contribution in [1.82, 2.24) is 20.4 Å². The number of aryl methyl sites for hydroxylation is 1. The van der Waals surface area contributed by atoms with E-state index in [1.54, 1.807) is 19.2 Å². The van der Waals surface area contributed by atoms with Crippen molar-refractivity contribution in [3.05, 3.63) is 65.8 Å². The minimum absolute atomic E-state index is 0.00527. The van der Waals surface area contributed by atoms with Crippen molar-refractivity contribution in [2.45, 2.75) is 25.3 Å². The number of nitrogens with zero attached hydrogens (tertiary/aromatic N) is 3. The third-order valence-corrected chi connectivity index (χ3v) is 4.98. The van der Waals surface area contributed by atoms with Crippen LogP contribution in [-0.4, -0.2) is 48.7 Å². The van der Waals surface area contributed by atoms with Crippen LogP contribution in [-0.2, 0) is 11.2 Å². The highest BCUT2D eigenvalue weighted by Gasteiger charge is 2.19. The van der Waals surface area contributed by atoms with E-state index >= 15 is 0 Å². The monoisotopic (exact) mass is 426 g/mol. The molecule has 164 valence electrons. The first-order valence-electron chi connectivity index (χ1n) is 10.1. The normalized spacial score (nSPS) is 12.0. The number of benzene rings is 2. The molecule has 1 heterocycles. The van der Waals surface area contributed by atoms with Crippen LogP contribution in [0.25, 0.3) is 11.4 Å². The van der Waals surface area contributed by atoms with Gasteiger partial charge in [-0.2, -0.15) is 4.98 Å². The molecule has 1 atom stereocenters. The highest BCUT2D eigenvalue weighted by atomic mass is 19.1. The molecule has 3 rings (SSSR count). The maximum Gasteiger partial charge on any atom is 0.226 e. The number of nitrogens with one attached hydrogen (secondary N) is 1. The molecular weight excluding hydrogens is 399 g/mol. The Hall–Kier alpha value is -3.26. The number of carbonyl (C=O) groups is 1. The number of likely N-dealkylation sites (N-methyl/N-ethyl adjacent to an activating group) is 1. The lowest BCUT2D eigenvalue weighted by Gasteiger charge is -2.26. The molecule has 1 aromatic heterocycles. The van der Waals surface area contributed by atoms with Crippen LogP contribution >= 0.6 is 0 Å². The predicted octanol–water partition coefficient (Wildman–Crippen LogP) is 3.63. The minimum atomic E-state index is -0.319. The summed E-state index contributed by atoms with van der Waals surface area (Å²) in [7, 11) is 5.58. The Morgan fingerprint density at radius 2 is 1.94 bits per heavy atom. The van der Waals surface area contributed by atoms with Crippen LogP contribution < -0.4 is 10.1 Å². The molecule has 3 aromatic rings. The summed E-state index contributed by atoms with van der Waals surface area (Å²) < 4.78 is 23.7. The molecule has 0 aliphatic heterocycles. The van der Waals surface area contributed by atoms with E-state index < -0.39 is 0 Å². The summed E-state index contributed by atoms with van der Waals surface area (Å²) in [6.07, 6.45) is 1.42. The van der Waals surface area contributed by atoms with Crippen LogP contribution in [0.4, 0.5) is 4.39 Å². The highest BCUT2D eigenvalue weighted by molar-refractivity contribution is 5.75. The van der Waals surface area contributed by atoms with Crippen LogP contribution in [0.5, 0.6) is 5.75 Å². The van der Waals surface area contributed by atoms with E-state index in [9.17, 15) is 9.18 Å². The molecule has 1 amide bonds. The molecule has 1 unspecified atom stereocenters. The number of carbonyl (C=O) groups excluding carboxylic acids is 1. The quantitative estimate of drug-likeness (QED) is 0.533. The van der Waals surface area contributed by atoms with Crippen LogP contribution in [0.3, 0.4) is 0 Å². The summed E-state index contributed by atoms with van der Waals surface area (Å²) in [6, 6.07) is 13.7. The summed E-state index contributed by atoms with van der Waals surface area (Å²) in [5.41, 5.74) is 1.70. The number of methoxy groups -OCH3 is 1. The van der Waals surface area contributed by atoms with Gasteiger partial charge >= 0.3 is 0 Å². The second-order valence-electron chi connectivity index (χ2n) is 7.40. The standard InChI is InChI=1S/C23H27FN4O3/c1-28(2)19(18-7-4-5-8-20(18)30-3)15-25-21(29)9-6-10-22-26-23(27-31-22)16-11-13-17(24)14-12-16/h4-5,7-8,11-14,19H,6,9-10,15H2,1-3H3,(H,25,29). The van der Waals surface area contributed by atoms with Crippen molar-refractivity contribution in [3.8, 4) is 17.1 Å². The van der Waals surface area contributed by atoms with Gasteiger partial charge in [0.05, 0.1) is 13.2 Å². The third kappa shape index (κ3) is 6.11. The number of hydrogen-bond acceptors (Lipinski definition) is 6. The lowest BCUT2D eigenvalue weighted by molar-refractivity contribution is -0.121. The summed E-state index contributed by atoms with van der Waals surface area (Å²) in [5.74, 6) is 1.29. The number of hydrogen-bond donors (Lipinski definition) is 1. The molecule has 31 heavy (non-hydrogen) atoms. The summed E-state index contributed by atoms with van der Waals surface area (Å²) in [6.45, 7) is 0.474. The Labute approximate surface area is 181 Å². The van der Waals surface area contributed by atoms with Gasteiger partial charge in [-0.1, -0.05) is 23.4 Å². The van der Waals surface area contributed by atoms with Gasteiger partial charge in [0.25, 0.3) is 0 Å². The first kappa shape index (κ1) is 22.4. The van der Waals surface area contributed by atoms with Crippen LogP contribution in [0.2, 0.25) is 0 Å². The van der Waals surface area contributed by atoms with Crippen LogP contribution in [0.1, 0.15) is 30.3 Å². The molecule has 8 heteroatoms. The van der Waals surface area contributed by atoms with Crippen molar-refractivity contribution < 1.29 is 18.4 Å². The van der Waals surface area contributed by atoms with E-state index in [0.717, 1.165) is 11.3 Å². The first-order valence-corrected chi connectivity index (χ1v) is 10.1. The molecule has 0 aliphatic carbocycles. The maximum absolute atomic E-state index is 13.0. The third-order valence-electron chi connectivity index (χ3n) is 4.98. The Kier molecular flexibility index (Phi) is 7.72. The van der Waals surface area contributed by atoms with Gasteiger partial charge in [0.15, 0.2) is 0 Å². The predicted molar refractivity (Wildman–Crippen MR) is 115 cm³/mol. The zero-order chi connectivity index (χ0) is 22.2. The average molecular weight is 426 g/mol.